The molecule has 158 valence electrons. The maximum atomic E-state index is 13.0. The number of carbonyl (C=O) groups is 1. The lowest BCUT2D eigenvalue weighted by atomic mass is 10.1. The molecule has 2 heterocycles. The van der Waals surface area contributed by atoms with Crippen molar-refractivity contribution in [3.63, 3.8) is 0 Å². The van der Waals surface area contributed by atoms with Crippen molar-refractivity contribution in [2.24, 2.45) is 11.0 Å². The monoisotopic (exact) mass is 414 g/mol. The first-order valence-electron chi connectivity index (χ1n) is 10.4. The minimum Gasteiger partial charge on any atom is -0.383 e. The first-order valence-corrected chi connectivity index (χ1v) is 10.4. The van der Waals surface area contributed by atoms with Gasteiger partial charge in [0.15, 0.2) is 5.65 Å². The van der Waals surface area contributed by atoms with Crippen LogP contribution in [0, 0.1) is 12.8 Å². The quantitative estimate of drug-likeness (QED) is 0.463. The van der Waals surface area contributed by atoms with Crippen molar-refractivity contribution >= 4 is 40.1 Å². The standard InChI is InChI=1S/C24H26N6O/c1-15(2)12-13-26-24(31)20-21-23(29-19-7-5-4-6-18(19)28-21)30(22(20)25)27-14-17-10-8-16(3)9-11-17/h4-11,14-15H,12-13,25H2,1-3H3,(H,26,31)/b27-14+. The van der Waals surface area contributed by atoms with Crippen LogP contribution in [0.25, 0.3) is 22.2 Å². The van der Waals surface area contributed by atoms with E-state index >= 15 is 0 Å². The van der Waals surface area contributed by atoms with Gasteiger partial charge >= 0.3 is 0 Å². The second kappa shape index (κ2) is 8.55. The van der Waals surface area contributed by atoms with Gasteiger partial charge in [0.2, 0.25) is 0 Å². The van der Waals surface area contributed by atoms with Gasteiger partial charge in [0.25, 0.3) is 5.91 Å². The number of para-hydroxylation sites is 2. The third-order valence-corrected chi connectivity index (χ3v) is 5.11. The van der Waals surface area contributed by atoms with E-state index in [9.17, 15) is 4.79 Å². The molecular formula is C24H26N6O. The van der Waals surface area contributed by atoms with Crippen LogP contribution in [0.4, 0.5) is 5.82 Å². The van der Waals surface area contributed by atoms with Gasteiger partial charge in [-0.25, -0.2) is 9.97 Å². The smallest absolute Gasteiger partial charge is 0.257 e. The Bertz CT molecular complexity index is 1270. The summed E-state index contributed by atoms with van der Waals surface area (Å²) in [5.41, 5.74) is 11.1. The predicted octanol–water partition coefficient (Wildman–Crippen LogP) is 4.13. The largest absolute Gasteiger partial charge is 0.383 e. The zero-order valence-electron chi connectivity index (χ0n) is 18.0. The minimum atomic E-state index is -0.267. The maximum Gasteiger partial charge on any atom is 0.257 e. The highest BCUT2D eigenvalue weighted by Crippen LogP contribution is 2.27. The van der Waals surface area contributed by atoms with E-state index in [2.05, 4.69) is 24.3 Å². The number of fused-ring (bicyclic) bond motifs is 2. The molecule has 4 rings (SSSR count). The number of amides is 1. The molecule has 3 N–H and O–H groups in total. The van der Waals surface area contributed by atoms with E-state index < -0.39 is 0 Å². The van der Waals surface area contributed by atoms with Gasteiger partial charge in [0.05, 0.1) is 17.2 Å². The van der Waals surface area contributed by atoms with Crippen molar-refractivity contribution in [1.29, 1.82) is 0 Å². The van der Waals surface area contributed by atoms with Crippen LogP contribution in [0.1, 0.15) is 41.8 Å². The lowest BCUT2D eigenvalue weighted by Crippen LogP contribution is -2.26. The van der Waals surface area contributed by atoms with E-state index in [-0.39, 0.29) is 11.7 Å². The van der Waals surface area contributed by atoms with Crippen molar-refractivity contribution in [2.45, 2.75) is 27.2 Å². The van der Waals surface area contributed by atoms with Crippen LogP contribution in [0.2, 0.25) is 0 Å². The van der Waals surface area contributed by atoms with Crippen LogP contribution in [-0.2, 0) is 0 Å². The number of rotatable bonds is 6. The first-order chi connectivity index (χ1) is 14.9. The molecule has 0 aliphatic carbocycles. The summed E-state index contributed by atoms with van der Waals surface area (Å²) < 4.78 is 1.49. The number of nitrogens with two attached hydrogens (primary N) is 1. The molecule has 2 aromatic carbocycles. The van der Waals surface area contributed by atoms with Crippen molar-refractivity contribution in [1.82, 2.24) is 20.0 Å². The maximum absolute atomic E-state index is 13.0. The summed E-state index contributed by atoms with van der Waals surface area (Å²) in [7, 11) is 0. The summed E-state index contributed by atoms with van der Waals surface area (Å²) in [5.74, 6) is 0.439. The highest BCUT2D eigenvalue weighted by atomic mass is 16.1. The van der Waals surface area contributed by atoms with Gasteiger partial charge in [-0.3, -0.25) is 4.79 Å². The van der Waals surface area contributed by atoms with Crippen LogP contribution >= 0.6 is 0 Å². The molecule has 0 aliphatic heterocycles. The van der Waals surface area contributed by atoms with Gasteiger partial charge in [-0.15, -0.1) is 0 Å². The Hall–Kier alpha value is -3.74. The second-order valence-corrected chi connectivity index (χ2v) is 8.05. The molecule has 0 fully saturated rings. The van der Waals surface area contributed by atoms with E-state index in [0.29, 0.717) is 40.2 Å². The predicted molar refractivity (Wildman–Crippen MR) is 125 cm³/mol. The zero-order chi connectivity index (χ0) is 22.0. The summed E-state index contributed by atoms with van der Waals surface area (Å²) >= 11 is 0. The van der Waals surface area contributed by atoms with Crippen LogP contribution in [0.3, 0.4) is 0 Å². The van der Waals surface area contributed by atoms with Crippen LogP contribution in [-0.4, -0.2) is 33.3 Å². The van der Waals surface area contributed by atoms with E-state index in [4.69, 9.17) is 15.7 Å². The van der Waals surface area contributed by atoms with Gasteiger partial charge in [-0.2, -0.15) is 9.78 Å². The molecule has 0 aliphatic rings. The van der Waals surface area contributed by atoms with Crippen molar-refractivity contribution in [3.05, 3.63) is 65.2 Å². The average molecular weight is 415 g/mol. The molecule has 0 bridgehead atoms. The topological polar surface area (TPSA) is 98.2 Å². The fraction of sp³-hybridized carbons (Fsp3) is 0.250. The summed E-state index contributed by atoms with van der Waals surface area (Å²) in [6.45, 7) is 6.83. The molecule has 7 nitrogen and oxygen atoms in total. The molecule has 0 saturated carbocycles. The van der Waals surface area contributed by atoms with Gasteiger partial charge in [-0.1, -0.05) is 55.8 Å². The molecule has 7 heteroatoms. The van der Waals surface area contributed by atoms with E-state index in [1.54, 1.807) is 6.21 Å². The fourth-order valence-electron chi connectivity index (χ4n) is 3.33. The van der Waals surface area contributed by atoms with E-state index in [0.717, 1.165) is 12.0 Å². The number of carbonyl (C=O) groups excluding carboxylic acids is 1. The van der Waals surface area contributed by atoms with E-state index in [1.165, 1.54) is 10.2 Å². The number of hydrogen-bond acceptors (Lipinski definition) is 5. The molecule has 0 unspecified atom stereocenters. The SMILES string of the molecule is Cc1ccc(/C=N/n2c(N)c(C(=O)NCCC(C)C)c3nc4ccccc4nc32)cc1. The molecule has 1 amide bonds. The number of aromatic nitrogens is 3. The molecule has 31 heavy (non-hydrogen) atoms. The number of benzene rings is 2. The molecule has 0 atom stereocenters. The number of hydrogen-bond donors (Lipinski definition) is 2. The Morgan fingerprint density at radius 2 is 1.81 bits per heavy atom. The summed E-state index contributed by atoms with van der Waals surface area (Å²) in [5, 5.41) is 7.49. The number of nitrogen functional groups attached to an aromatic ring is 1. The van der Waals surface area contributed by atoms with Crippen LogP contribution < -0.4 is 11.1 Å². The van der Waals surface area contributed by atoms with Crippen molar-refractivity contribution in [2.75, 3.05) is 12.3 Å². The number of anilines is 1. The Morgan fingerprint density at radius 1 is 1.13 bits per heavy atom. The third kappa shape index (κ3) is 4.26. The van der Waals surface area contributed by atoms with Gasteiger partial charge in [-0.05, 0) is 37.0 Å². The number of nitrogens with one attached hydrogen (secondary N) is 1. The highest BCUT2D eigenvalue weighted by Gasteiger charge is 2.23. The summed E-state index contributed by atoms with van der Waals surface area (Å²) in [4.78, 5) is 22.4. The molecule has 0 radical (unpaired) electrons. The summed E-state index contributed by atoms with van der Waals surface area (Å²) in [6.07, 6.45) is 2.58. The Kier molecular flexibility index (Phi) is 5.66. The van der Waals surface area contributed by atoms with E-state index in [1.807, 2.05) is 55.5 Å². The zero-order valence-corrected chi connectivity index (χ0v) is 18.0. The van der Waals surface area contributed by atoms with Crippen molar-refractivity contribution in [3.8, 4) is 0 Å². The fourth-order valence-corrected chi connectivity index (χ4v) is 3.33. The molecule has 0 saturated heterocycles. The third-order valence-electron chi connectivity index (χ3n) is 5.11. The van der Waals surface area contributed by atoms with Crippen molar-refractivity contribution < 1.29 is 4.79 Å². The second-order valence-electron chi connectivity index (χ2n) is 8.05. The molecule has 0 spiro atoms. The molecular weight excluding hydrogens is 388 g/mol. The normalized spacial score (nSPS) is 11.7. The van der Waals surface area contributed by atoms with Gasteiger partial charge in [0, 0.05) is 6.54 Å². The Labute approximate surface area is 181 Å². The lowest BCUT2D eigenvalue weighted by Gasteiger charge is -2.07. The Morgan fingerprint density at radius 3 is 2.48 bits per heavy atom. The summed E-state index contributed by atoms with van der Waals surface area (Å²) in [6, 6.07) is 15.5. The molecule has 2 aromatic heterocycles. The minimum absolute atomic E-state index is 0.218. The number of aryl methyl sites for hydroxylation is 1. The number of nitrogens with zero attached hydrogens (tertiary/aromatic N) is 4. The first kappa shape index (κ1) is 20.5. The highest BCUT2D eigenvalue weighted by molar-refractivity contribution is 6.10. The average Bonchev–Trinajstić information content (AvgIpc) is 3.01. The van der Waals surface area contributed by atoms with Gasteiger partial charge < -0.3 is 11.1 Å². The van der Waals surface area contributed by atoms with Gasteiger partial charge in [0.1, 0.15) is 16.9 Å². The van der Waals surface area contributed by atoms with Crippen LogP contribution in [0.5, 0.6) is 0 Å². The van der Waals surface area contributed by atoms with Crippen LogP contribution in [0.15, 0.2) is 53.6 Å². The molecule has 4 aromatic rings. The Balaban J connectivity index is 1.82. The lowest BCUT2D eigenvalue weighted by molar-refractivity contribution is 0.0954.